The van der Waals surface area contributed by atoms with E-state index in [-0.39, 0.29) is 5.91 Å². The highest BCUT2D eigenvalue weighted by Gasteiger charge is 2.22. The van der Waals surface area contributed by atoms with Gasteiger partial charge in [-0.25, -0.2) is 4.79 Å². The summed E-state index contributed by atoms with van der Waals surface area (Å²) in [6.45, 7) is 2.09. The predicted molar refractivity (Wildman–Crippen MR) is 128 cm³/mol. The van der Waals surface area contributed by atoms with Crippen molar-refractivity contribution in [2.75, 3.05) is 26.6 Å². The van der Waals surface area contributed by atoms with E-state index < -0.39 is 5.97 Å². The molecule has 6 nitrogen and oxygen atoms in total. The minimum absolute atomic E-state index is 0.342. The van der Waals surface area contributed by atoms with E-state index in [0.717, 1.165) is 23.1 Å². The van der Waals surface area contributed by atoms with Crippen molar-refractivity contribution in [3.63, 3.8) is 0 Å². The molecule has 0 unspecified atom stereocenters. The number of nitrogens with one attached hydrogen (secondary N) is 1. The van der Waals surface area contributed by atoms with E-state index in [1.165, 1.54) is 30.1 Å². The summed E-state index contributed by atoms with van der Waals surface area (Å²) in [6.07, 6.45) is 3.99. The lowest BCUT2D eigenvalue weighted by atomic mass is 10.0. The molecular formula is C25H25NO5S. The first kappa shape index (κ1) is 23.1. The monoisotopic (exact) mass is 451 g/mol. The van der Waals surface area contributed by atoms with Crippen molar-refractivity contribution in [1.82, 2.24) is 0 Å². The molecule has 1 N–H and O–H groups in total. The number of thiophene rings is 1. The molecule has 0 radical (unpaired) electrons. The molecule has 2 aromatic carbocycles. The standard InChI is InChI=1S/C25H25NO5S/c1-5-16-6-10-18(11-7-16)19-15-32-24(23(19)25(28)31-4)26-22(27)13-9-17-8-12-20(29-2)21(14-17)30-3/h6-15H,5H2,1-4H3,(H,26,27)/b13-9+. The third kappa shape index (κ3) is 5.18. The summed E-state index contributed by atoms with van der Waals surface area (Å²) < 4.78 is 15.5. The van der Waals surface area contributed by atoms with E-state index in [4.69, 9.17) is 14.2 Å². The SMILES string of the molecule is CCc1ccc(-c2csc(NC(=O)/C=C/c3ccc(OC)c(OC)c3)c2C(=O)OC)cc1. The van der Waals surface area contributed by atoms with Crippen molar-refractivity contribution in [1.29, 1.82) is 0 Å². The molecule has 0 saturated heterocycles. The van der Waals surface area contributed by atoms with E-state index >= 15 is 0 Å². The van der Waals surface area contributed by atoms with Crippen LogP contribution in [0.4, 0.5) is 5.00 Å². The van der Waals surface area contributed by atoms with Gasteiger partial charge < -0.3 is 19.5 Å². The quantitative estimate of drug-likeness (QED) is 0.365. The number of esters is 1. The largest absolute Gasteiger partial charge is 0.493 e. The Bertz CT molecular complexity index is 1130. The van der Waals surface area contributed by atoms with Crippen LogP contribution in [0.5, 0.6) is 11.5 Å². The molecule has 1 amide bonds. The summed E-state index contributed by atoms with van der Waals surface area (Å²) in [4.78, 5) is 25.1. The van der Waals surface area contributed by atoms with E-state index in [1.807, 2.05) is 35.7 Å². The van der Waals surface area contributed by atoms with Crippen LogP contribution < -0.4 is 14.8 Å². The molecule has 32 heavy (non-hydrogen) atoms. The number of ether oxygens (including phenoxy) is 3. The number of carbonyl (C=O) groups is 2. The van der Waals surface area contributed by atoms with Gasteiger partial charge in [0.1, 0.15) is 10.6 Å². The Morgan fingerprint density at radius 3 is 2.34 bits per heavy atom. The van der Waals surface area contributed by atoms with Gasteiger partial charge in [-0.3, -0.25) is 4.79 Å². The number of aryl methyl sites for hydroxylation is 1. The predicted octanol–water partition coefficient (Wildman–Crippen LogP) is 5.43. The maximum absolute atomic E-state index is 12.6. The molecule has 0 fully saturated rings. The van der Waals surface area contributed by atoms with Crippen molar-refractivity contribution in [3.05, 3.63) is 70.6 Å². The summed E-state index contributed by atoms with van der Waals surface area (Å²) in [5.41, 5.74) is 3.94. The molecule has 166 valence electrons. The minimum Gasteiger partial charge on any atom is -0.493 e. The van der Waals surface area contributed by atoms with E-state index in [1.54, 1.807) is 32.4 Å². The molecule has 0 saturated carbocycles. The highest BCUT2D eigenvalue weighted by molar-refractivity contribution is 7.15. The second-order valence-corrected chi connectivity index (χ2v) is 7.71. The molecule has 1 heterocycles. The number of benzene rings is 2. The summed E-state index contributed by atoms with van der Waals surface area (Å²) >= 11 is 1.28. The van der Waals surface area contributed by atoms with Crippen LogP contribution in [0, 0.1) is 0 Å². The molecule has 1 aromatic heterocycles. The van der Waals surface area contributed by atoms with Gasteiger partial charge in [-0.05, 0) is 41.3 Å². The van der Waals surface area contributed by atoms with Crippen LogP contribution >= 0.6 is 11.3 Å². The van der Waals surface area contributed by atoms with Crippen LogP contribution in [-0.4, -0.2) is 33.2 Å². The highest BCUT2D eigenvalue weighted by Crippen LogP contribution is 2.36. The first-order valence-electron chi connectivity index (χ1n) is 10.0. The maximum Gasteiger partial charge on any atom is 0.341 e. The molecule has 0 aliphatic carbocycles. The summed E-state index contributed by atoms with van der Waals surface area (Å²) in [5, 5.41) is 5.08. The Balaban J connectivity index is 1.83. The van der Waals surface area contributed by atoms with Gasteiger partial charge in [-0.15, -0.1) is 11.3 Å². The van der Waals surface area contributed by atoms with Crippen molar-refractivity contribution >= 4 is 34.3 Å². The fraction of sp³-hybridized carbons (Fsp3) is 0.200. The van der Waals surface area contributed by atoms with Crippen molar-refractivity contribution in [2.24, 2.45) is 0 Å². The third-order valence-electron chi connectivity index (χ3n) is 4.93. The number of amides is 1. The smallest absolute Gasteiger partial charge is 0.341 e. The normalized spacial score (nSPS) is 10.8. The number of methoxy groups -OCH3 is 3. The van der Waals surface area contributed by atoms with Gasteiger partial charge >= 0.3 is 5.97 Å². The van der Waals surface area contributed by atoms with Crippen LogP contribution in [0.15, 0.2) is 53.9 Å². The first-order valence-corrected chi connectivity index (χ1v) is 10.9. The molecule has 0 aliphatic heterocycles. The molecule has 3 aromatic rings. The Kier molecular flexibility index (Phi) is 7.68. The summed E-state index contributed by atoms with van der Waals surface area (Å²) in [6, 6.07) is 13.3. The van der Waals surface area contributed by atoms with Gasteiger partial charge in [0.15, 0.2) is 11.5 Å². The van der Waals surface area contributed by atoms with Gasteiger partial charge in [-0.2, -0.15) is 0 Å². The van der Waals surface area contributed by atoms with Gasteiger partial charge in [0, 0.05) is 17.0 Å². The number of carbonyl (C=O) groups excluding carboxylic acids is 2. The second-order valence-electron chi connectivity index (χ2n) is 6.83. The number of hydrogen-bond donors (Lipinski definition) is 1. The fourth-order valence-electron chi connectivity index (χ4n) is 3.17. The van der Waals surface area contributed by atoms with Gasteiger partial charge in [0.2, 0.25) is 5.91 Å². The first-order chi connectivity index (χ1) is 15.5. The van der Waals surface area contributed by atoms with Crippen molar-refractivity contribution in [3.8, 4) is 22.6 Å². The Morgan fingerprint density at radius 2 is 1.72 bits per heavy atom. The molecule has 0 spiro atoms. The molecular weight excluding hydrogens is 426 g/mol. The summed E-state index contributed by atoms with van der Waals surface area (Å²) in [7, 11) is 4.44. The van der Waals surface area contributed by atoms with E-state index in [9.17, 15) is 9.59 Å². The Morgan fingerprint density at radius 1 is 1.00 bits per heavy atom. The molecule has 0 atom stereocenters. The Labute approximate surface area is 191 Å². The van der Waals surface area contributed by atoms with Crippen LogP contribution in [0.3, 0.4) is 0 Å². The van der Waals surface area contributed by atoms with Crippen molar-refractivity contribution in [2.45, 2.75) is 13.3 Å². The highest BCUT2D eigenvalue weighted by atomic mass is 32.1. The lowest BCUT2D eigenvalue weighted by Crippen LogP contribution is -2.11. The van der Waals surface area contributed by atoms with Crippen LogP contribution in [0.25, 0.3) is 17.2 Å². The van der Waals surface area contributed by atoms with Gasteiger partial charge in [0.25, 0.3) is 0 Å². The lowest BCUT2D eigenvalue weighted by molar-refractivity contribution is -0.111. The average molecular weight is 452 g/mol. The van der Waals surface area contributed by atoms with E-state index in [2.05, 4.69) is 12.2 Å². The van der Waals surface area contributed by atoms with Gasteiger partial charge in [-0.1, -0.05) is 37.3 Å². The molecule has 7 heteroatoms. The number of anilines is 1. The van der Waals surface area contributed by atoms with Crippen molar-refractivity contribution < 1.29 is 23.8 Å². The molecule has 0 aliphatic rings. The maximum atomic E-state index is 12.6. The lowest BCUT2D eigenvalue weighted by Gasteiger charge is -2.08. The average Bonchev–Trinajstić information content (AvgIpc) is 3.25. The zero-order valence-electron chi connectivity index (χ0n) is 18.4. The van der Waals surface area contributed by atoms with Crippen LogP contribution in [-0.2, 0) is 16.0 Å². The van der Waals surface area contributed by atoms with Crippen LogP contribution in [0.2, 0.25) is 0 Å². The zero-order valence-corrected chi connectivity index (χ0v) is 19.2. The van der Waals surface area contributed by atoms with E-state index in [0.29, 0.717) is 22.1 Å². The molecule has 3 rings (SSSR count). The number of rotatable bonds is 8. The Hall–Kier alpha value is -3.58. The molecule has 0 bridgehead atoms. The summed E-state index contributed by atoms with van der Waals surface area (Å²) in [5.74, 6) is 0.314. The van der Waals surface area contributed by atoms with Gasteiger partial charge in [0.05, 0.1) is 21.3 Å². The third-order valence-corrected chi connectivity index (χ3v) is 5.82. The van der Waals surface area contributed by atoms with Crippen LogP contribution in [0.1, 0.15) is 28.4 Å². The fourth-order valence-corrected chi connectivity index (χ4v) is 4.13. The minimum atomic E-state index is -0.500. The second kappa shape index (κ2) is 10.6. The zero-order chi connectivity index (χ0) is 23.1. The number of hydrogen-bond acceptors (Lipinski definition) is 6. The topological polar surface area (TPSA) is 73.9 Å².